The minimum Gasteiger partial charge on any atom is -0.394 e. The predicted molar refractivity (Wildman–Crippen MR) is 149 cm³/mol. The SMILES string of the molecule is Cc1ncc(NC(=O)CN2CCC3(CCC3)CC2)cc1NC(=O)c1nnc2cc(-c3cnn(CCO)c3)ccn12. The number of hydrogen-bond donors (Lipinski definition) is 3. The first kappa shape index (κ1) is 26.1. The van der Waals surface area contributed by atoms with Gasteiger partial charge in [0.1, 0.15) is 0 Å². The van der Waals surface area contributed by atoms with E-state index >= 15 is 0 Å². The molecule has 1 spiro atoms. The standard InChI is InChI=1S/C28H33N9O3/c1-19-23(14-22(16-29-19)31-25(39)18-35-9-6-28(7-10-35)4-2-5-28)32-27(40)26-34-33-24-13-20(3-8-37(24)26)21-15-30-36(17-21)11-12-38/h3,8,13-17,38H,2,4-7,9-12,18H2,1H3,(H,31,39)(H,32,40). The monoisotopic (exact) mass is 543 g/mol. The number of carbonyl (C=O) groups excluding carboxylic acids is 2. The van der Waals surface area contributed by atoms with Gasteiger partial charge in [-0.1, -0.05) is 6.42 Å². The molecule has 5 heterocycles. The van der Waals surface area contributed by atoms with Gasteiger partial charge in [0.15, 0.2) is 5.65 Å². The number of aliphatic hydroxyl groups excluding tert-OH is 1. The minimum absolute atomic E-state index is 0.00615. The Morgan fingerprint density at radius 3 is 2.62 bits per heavy atom. The van der Waals surface area contributed by atoms with E-state index < -0.39 is 5.91 Å². The molecule has 12 nitrogen and oxygen atoms in total. The molecule has 0 aromatic carbocycles. The van der Waals surface area contributed by atoms with Crippen molar-refractivity contribution in [3.63, 3.8) is 0 Å². The summed E-state index contributed by atoms with van der Waals surface area (Å²) in [5.41, 5.74) is 4.41. The van der Waals surface area contributed by atoms with E-state index in [4.69, 9.17) is 5.11 Å². The maximum absolute atomic E-state index is 13.2. The van der Waals surface area contributed by atoms with E-state index in [1.54, 1.807) is 40.7 Å². The van der Waals surface area contributed by atoms with Crippen molar-refractivity contribution in [3.8, 4) is 11.1 Å². The van der Waals surface area contributed by atoms with Gasteiger partial charge >= 0.3 is 0 Å². The summed E-state index contributed by atoms with van der Waals surface area (Å²) in [5.74, 6) is -0.406. The summed E-state index contributed by atoms with van der Waals surface area (Å²) in [7, 11) is 0. The molecular formula is C28H33N9O3. The lowest BCUT2D eigenvalue weighted by Gasteiger charge is -2.47. The minimum atomic E-state index is -0.442. The Morgan fingerprint density at radius 1 is 1.05 bits per heavy atom. The Bertz CT molecular complexity index is 1550. The third kappa shape index (κ3) is 5.32. The first-order chi connectivity index (χ1) is 19.4. The predicted octanol–water partition coefficient (Wildman–Crippen LogP) is 2.75. The van der Waals surface area contributed by atoms with Gasteiger partial charge in [0, 0.05) is 18.0 Å². The van der Waals surface area contributed by atoms with Crippen LogP contribution in [0.3, 0.4) is 0 Å². The molecule has 0 bridgehead atoms. The summed E-state index contributed by atoms with van der Waals surface area (Å²) < 4.78 is 3.27. The maximum Gasteiger partial charge on any atom is 0.294 e. The van der Waals surface area contributed by atoms with Crippen LogP contribution in [-0.2, 0) is 11.3 Å². The van der Waals surface area contributed by atoms with Crippen LogP contribution in [0.5, 0.6) is 0 Å². The fourth-order valence-electron chi connectivity index (χ4n) is 5.63. The average Bonchev–Trinajstić information content (AvgIpc) is 3.57. The highest BCUT2D eigenvalue weighted by Crippen LogP contribution is 2.48. The van der Waals surface area contributed by atoms with Crippen LogP contribution in [0.15, 0.2) is 43.0 Å². The fraction of sp³-hybridized carbons (Fsp3) is 0.429. The van der Waals surface area contributed by atoms with Crippen LogP contribution in [0.4, 0.5) is 11.4 Å². The molecule has 4 aromatic rings. The molecule has 0 unspecified atom stereocenters. The summed E-state index contributed by atoms with van der Waals surface area (Å²) in [4.78, 5) is 32.5. The van der Waals surface area contributed by atoms with Gasteiger partial charge in [0.05, 0.1) is 49.2 Å². The molecule has 1 saturated carbocycles. The first-order valence-electron chi connectivity index (χ1n) is 13.7. The number of aryl methyl sites for hydroxylation is 1. The largest absolute Gasteiger partial charge is 0.394 e. The Hall–Kier alpha value is -4.16. The molecule has 0 atom stereocenters. The molecule has 6 rings (SSSR count). The van der Waals surface area contributed by atoms with Gasteiger partial charge in [-0.15, -0.1) is 10.2 Å². The topological polar surface area (TPSA) is 143 Å². The Kier molecular flexibility index (Phi) is 7.03. The molecule has 4 aromatic heterocycles. The number of carbonyl (C=O) groups is 2. The lowest BCUT2D eigenvalue weighted by Crippen LogP contribution is -2.45. The van der Waals surface area contributed by atoms with E-state index in [-0.39, 0.29) is 18.3 Å². The highest BCUT2D eigenvalue weighted by atomic mass is 16.3. The molecule has 0 radical (unpaired) electrons. The number of pyridine rings is 2. The fourth-order valence-corrected chi connectivity index (χ4v) is 5.63. The number of amides is 2. The lowest BCUT2D eigenvalue weighted by molar-refractivity contribution is -0.118. The molecule has 40 heavy (non-hydrogen) atoms. The zero-order valence-electron chi connectivity index (χ0n) is 22.5. The second kappa shape index (κ2) is 10.8. The highest BCUT2D eigenvalue weighted by molar-refractivity contribution is 6.03. The summed E-state index contributed by atoms with van der Waals surface area (Å²) in [6.07, 6.45) is 13.2. The number of aliphatic hydroxyl groups is 1. The summed E-state index contributed by atoms with van der Waals surface area (Å²) in [6.45, 7) is 4.48. The Labute approximate surface area is 231 Å². The van der Waals surface area contributed by atoms with E-state index in [0.29, 0.717) is 41.2 Å². The average molecular weight is 544 g/mol. The van der Waals surface area contributed by atoms with Gasteiger partial charge in [-0.05, 0) is 74.9 Å². The number of nitrogens with zero attached hydrogens (tertiary/aromatic N) is 7. The Morgan fingerprint density at radius 2 is 1.88 bits per heavy atom. The molecule has 2 aliphatic rings. The van der Waals surface area contributed by atoms with E-state index in [1.165, 1.54) is 32.1 Å². The van der Waals surface area contributed by atoms with Crippen LogP contribution < -0.4 is 10.6 Å². The van der Waals surface area contributed by atoms with E-state index in [9.17, 15) is 9.59 Å². The van der Waals surface area contributed by atoms with Gasteiger partial charge in [-0.25, -0.2) is 0 Å². The van der Waals surface area contributed by atoms with E-state index in [1.807, 2.05) is 18.3 Å². The van der Waals surface area contributed by atoms with Crippen LogP contribution in [-0.4, -0.2) is 77.4 Å². The van der Waals surface area contributed by atoms with Gasteiger partial charge in [0.25, 0.3) is 5.91 Å². The van der Waals surface area contributed by atoms with Crippen molar-refractivity contribution < 1.29 is 14.7 Å². The number of aromatic nitrogens is 6. The second-order valence-corrected chi connectivity index (χ2v) is 10.9. The molecule has 208 valence electrons. The smallest absolute Gasteiger partial charge is 0.294 e. The number of hydrogen-bond acceptors (Lipinski definition) is 8. The van der Waals surface area contributed by atoms with Crippen LogP contribution in [0, 0.1) is 12.3 Å². The van der Waals surface area contributed by atoms with Crippen LogP contribution in [0.25, 0.3) is 16.8 Å². The molecule has 2 fully saturated rings. The number of fused-ring (bicyclic) bond motifs is 1. The lowest BCUT2D eigenvalue weighted by atomic mass is 9.63. The first-order valence-corrected chi connectivity index (χ1v) is 13.7. The van der Waals surface area contributed by atoms with Gasteiger partial charge in [0.2, 0.25) is 11.7 Å². The highest BCUT2D eigenvalue weighted by Gasteiger charge is 2.39. The maximum atomic E-state index is 13.2. The van der Waals surface area contributed by atoms with Crippen molar-refractivity contribution in [2.75, 3.05) is 36.9 Å². The quantitative estimate of drug-likeness (QED) is 0.308. The van der Waals surface area contributed by atoms with Gasteiger partial charge in [-0.2, -0.15) is 5.10 Å². The number of nitrogens with one attached hydrogen (secondary N) is 2. The summed E-state index contributed by atoms with van der Waals surface area (Å²) in [6, 6.07) is 5.38. The number of piperidine rings is 1. The molecule has 1 aliphatic heterocycles. The molecule has 1 saturated heterocycles. The van der Waals surface area contributed by atoms with Gasteiger partial charge in [-0.3, -0.25) is 28.6 Å². The van der Waals surface area contributed by atoms with Crippen LogP contribution in [0.2, 0.25) is 0 Å². The molecule has 1 aliphatic carbocycles. The zero-order chi connectivity index (χ0) is 27.7. The van der Waals surface area contributed by atoms with E-state index in [0.717, 1.165) is 24.2 Å². The van der Waals surface area contributed by atoms with Crippen molar-refractivity contribution in [1.29, 1.82) is 0 Å². The molecule has 2 amide bonds. The summed E-state index contributed by atoms with van der Waals surface area (Å²) >= 11 is 0. The van der Waals surface area contributed by atoms with Crippen molar-refractivity contribution in [3.05, 3.63) is 54.5 Å². The zero-order valence-corrected chi connectivity index (χ0v) is 22.5. The Balaban J connectivity index is 1.10. The number of likely N-dealkylation sites (tertiary alicyclic amines) is 1. The van der Waals surface area contributed by atoms with Gasteiger partial charge < -0.3 is 15.7 Å². The molecular weight excluding hydrogens is 510 g/mol. The number of anilines is 2. The third-order valence-electron chi connectivity index (χ3n) is 8.23. The molecule has 12 heteroatoms. The normalized spacial score (nSPS) is 16.6. The van der Waals surface area contributed by atoms with Crippen LogP contribution >= 0.6 is 0 Å². The van der Waals surface area contributed by atoms with Crippen LogP contribution in [0.1, 0.15) is 48.4 Å². The van der Waals surface area contributed by atoms with Crippen molar-refractivity contribution in [2.45, 2.75) is 45.6 Å². The number of rotatable bonds is 8. The summed E-state index contributed by atoms with van der Waals surface area (Å²) in [5, 5.41) is 27.4. The van der Waals surface area contributed by atoms with Crippen molar-refractivity contribution in [1.82, 2.24) is 34.3 Å². The molecule has 3 N–H and O–H groups in total. The second-order valence-electron chi connectivity index (χ2n) is 10.9. The van der Waals surface area contributed by atoms with Crippen molar-refractivity contribution in [2.24, 2.45) is 5.41 Å². The van der Waals surface area contributed by atoms with Crippen molar-refractivity contribution >= 4 is 28.8 Å². The van der Waals surface area contributed by atoms with E-state index in [2.05, 4.69) is 35.8 Å². The third-order valence-corrected chi connectivity index (χ3v) is 8.23.